The van der Waals surface area contributed by atoms with Gasteiger partial charge in [0.1, 0.15) is 6.61 Å². The summed E-state index contributed by atoms with van der Waals surface area (Å²) in [5.41, 5.74) is 0. The molecule has 1 aliphatic carbocycles. The number of hydrogen-bond acceptors (Lipinski definition) is 6. The summed E-state index contributed by atoms with van der Waals surface area (Å²) in [5, 5.41) is 6.77. The number of piperidine rings is 1. The molecule has 2 heterocycles. The van der Waals surface area contributed by atoms with Crippen molar-refractivity contribution in [1.29, 1.82) is 0 Å². The van der Waals surface area contributed by atoms with Crippen molar-refractivity contribution in [2.75, 3.05) is 26.8 Å². The Morgan fingerprint density at radius 2 is 2.17 bits per heavy atom. The minimum Gasteiger partial charge on any atom is -0.375 e. The molecule has 2 aliphatic rings. The first kappa shape index (κ1) is 15.9. The molecular weight excluding hydrogens is 300 g/mol. The molecule has 0 unspecified atom stereocenters. The summed E-state index contributed by atoms with van der Waals surface area (Å²) in [6, 6.07) is -0.242. The minimum atomic E-state index is -0.242. The highest BCUT2D eigenvalue weighted by Gasteiger charge is 2.40. The van der Waals surface area contributed by atoms with Crippen LogP contribution >= 0.6 is 0 Å². The summed E-state index contributed by atoms with van der Waals surface area (Å²) in [6.45, 7) is 2.87. The van der Waals surface area contributed by atoms with Crippen molar-refractivity contribution in [2.45, 2.75) is 38.1 Å². The van der Waals surface area contributed by atoms with Crippen LogP contribution in [0.25, 0.3) is 0 Å². The number of methoxy groups -OCH3 is 1. The summed E-state index contributed by atoms with van der Waals surface area (Å²) in [6.07, 6.45) is 2.64. The number of ether oxygens (including phenoxy) is 1. The lowest BCUT2D eigenvalue weighted by Gasteiger charge is -2.37. The van der Waals surface area contributed by atoms with Crippen LogP contribution in [-0.4, -0.2) is 59.7 Å². The van der Waals surface area contributed by atoms with Gasteiger partial charge in [-0.1, -0.05) is 5.16 Å². The normalized spacial score (nSPS) is 24.5. The maximum atomic E-state index is 12.3. The molecular formula is C15H22N4O4. The van der Waals surface area contributed by atoms with Gasteiger partial charge < -0.3 is 19.5 Å². The quantitative estimate of drug-likeness (QED) is 0.834. The third-order valence-electron chi connectivity index (χ3n) is 4.33. The van der Waals surface area contributed by atoms with Gasteiger partial charge in [0.05, 0.1) is 12.0 Å². The van der Waals surface area contributed by atoms with Gasteiger partial charge in [0.2, 0.25) is 17.7 Å². The summed E-state index contributed by atoms with van der Waals surface area (Å²) < 4.78 is 10.2. The molecule has 1 saturated carbocycles. The first-order valence-corrected chi connectivity index (χ1v) is 7.95. The summed E-state index contributed by atoms with van der Waals surface area (Å²) in [5.74, 6) is 1.16. The molecule has 1 N–H and O–H groups in total. The van der Waals surface area contributed by atoms with E-state index in [1.54, 1.807) is 6.92 Å². The van der Waals surface area contributed by atoms with E-state index in [1.807, 2.05) is 4.90 Å². The van der Waals surface area contributed by atoms with Gasteiger partial charge in [0.15, 0.2) is 5.82 Å². The highest BCUT2D eigenvalue weighted by molar-refractivity contribution is 5.81. The second kappa shape index (κ2) is 6.66. The molecule has 3 rings (SSSR count). The van der Waals surface area contributed by atoms with Crippen molar-refractivity contribution < 1.29 is 18.8 Å². The highest BCUT2D eigenvalue weighted by Crippen LogP contribution is 2.34. The van der Waals surface area contributed by atoms with Gasteiger partial charge >= 0.3 is 0 Å². The fourth-order valence-corrected chi connectivity index (χ4v) is 3.03. The van der Waals surface area contributed by atoms with Crippen LogP contribution in [0.3, 0.4) is 0 Å². The Balaban J connectivity index is 1.72. The molecule has 126 valence electrons. The fraction of sp³-hybridized carbons (Fsp3) is 0.733. The van der Waals surface area contributed by atoms with Crippen molar-refractivity contribution >= 4 is 11.8 Å². The van der Waals surface area contributed by atoms with Gasteiger partial charge in [-0.3, -0.25) is 9.59 Å². The molecule has 1 aromatic rings. The molecule has 8 nitrogen and oxygen atoms in total. The molecule has 0 aromatic carbocycles. The Bertz CT molecular complexity index is 584. The van der Waals surface area contributed by atoms with Crippen molar-refractivity contribution in [3.8, 4) is 0 Å². The van der Waals surface area contributed by atoms with E-state index in [2.05, 4.69) is 15.5 Å². The zero-order valence-corrected chi connectivity index (χ0v) is 13.4. The van der Waals surface area contributed by atoms with Gasteiger partial charge in [-0.05, 0) is 26.2 Å². The van der Waals surface area contributed by atoms with Gasteiger partial charge in [-0.25, -0.2) is 0 Å². The standard InChI is InChI=1S/C15H22N4O4/c1-9-16-14(23-18-9)11-5-6-19(15(21)10-3-4-10)7-12(11)17-13(20)8-22-2/h10-12H,3-8H2,1-2H3,(H,17,20)/t11-,12+/m0/s1. The predicted molar refractivity (Wildman–Crippen MR) is 79.5 cm³/mol. The Kier molecular flexibility index (Phi) is 4.61. The molecule has 2 amide bonds. The van der Waals surface area contributed by atoms with Crippen LogP contribution in [-0.2, 0) is 14.3 Å². The molecule has 0 spiro atoms. The summed E-state index contributed by atoms with van der Waals surface area (Å²) in [4.78, 5) is 30.3. The third kappa shape index (κ3) is 3.69. The zero-order valence-electron chi connectivity index (χ0n) is 13.4. The summed E-state index contributed by atoms with van der Waals surface area (Å²) >= 11 is 0. The number of nitrogens with zero attached hydrogens (tertiary/aromatic N) is 3. The smallest absolute Gasteiger partial charge is 0.246 e. The number of hydrogen-bond donors (Lipinski definition) is 1. The molecule has 2 atom stereocenters. The number of nitrogens with one attached hydrogen (secondary N) is 1. The number of carbonyl (C=O) groups excluding carboxylic acids is 2. The van der Waals surface area contributed by atoms with Crippen LogP contribution in [0.5, 0.6) is 0 Å². The van der Waals surface area contributed by atoms with Crippen molar-refractivity contribution in [2.24, 2.45) is 5.92 Å². The maximum absolute atomic E-state index is 12.3. The Morgan fingerprint density at radius 1 is 1.39 bits per heavy atom. The number of carbonyl (C=O) groups is 2. The van der Waals surface area contributed by atoms with Crippen molar-refractivity contribution in [3.05, 3.63) is 11.7 Å². The van der Waals surface area contributed by atoms with E-state index < -0.39 is 0 Å². The van der Waals surface area contributed by atoms with E-state index in [-0.39, 0.29) is 36.3 Å². The van der Waals surface area contributed by atoms with E-state index in [0.717, 1.165) is 12.8 Å². The lowest BCUT2D eigenvalue weighted by molar-refractivity contribution is -0.135. The lowest BCUT2D eigenvalue weighted by atomic mass is 9.91. The number of rotatable bonds is 5. The third-order valence-corrected chi connectivity index (χ3v) is 4.33. The zero-order chi connectivity index (χ0) is 16.4. The number of aryl methyl sites for hydroxylation is 1. The predicted octanol–water partition coefficient (Wildman–Crippen LogP) is 0.235. The van der Waals surface area contributed by atoms with E-state index >= 15 is 0 Å². The lowest BCUT2D eigenvalue weighted by Crippen LogP contribution is -2.54. The van der Waals surface area contributed by atoms with Gasteiger partial charge in [-0.15, -0.1) is 0 Å². The van der Waals surface area contributed by atoms with Gasteiger partial charge in [0, 0.05) is 26.1 Å². The maximum Gasteiger partial charge on any atom is 0.246 e. The first-order chi connectivity index (χ1) is 11.1. The molecule has 2 fully saturated rings. The molecule has 1 aliphatic heterocycles. The van der Waals surface area contributed by atoms with Crippen LogP contribution < -0.4 is 5.32 Å². The SMILES string of the molecule is COCC(=O)N[C@@H]1CN(C(=O)C2CC2)CC[C@@H]1c1nc(C)no1. The Morgan fingerprint density at radius 3 is 2.78 bits per heavy atom. The second-order valence-corrected chi connectivity index (χ2v) is 6.24. The topological polar surface area (TPSA) is 97.6 Å². The highest BCUT2D eigenvalue weighted by atomic mass is 16.5. The number of likely N-dealkylation sites (tertiary alicyclic amines) is 1. The molecule has 23 heavy (non-hydrogen) atoms. The van der Waals surface area contributed by atoms with Crippen molar-refractivity contribution in [1.82, 2.24) is 20.4 Å². The Hall–Kier alpha value is -1.96. The van der Waals surface area contributed by atoms with Crippen LogP contribution in [0.2, 0.25) is 0 Å². The van der Waals surface area contributed by atoms with Crippen LogP contribution in [0.4, 0.5) is 0 Å². The number of aromatic nitrogens is 2. The van der Waals surface area contributed by atoms with E-state index in [1.165, 1.54) is 7.11 Å². The second-order valence-electron chi connectivity index (χ2n) is 6.24. The number of amides is 2. The largest absolute Gasteiger partial charge is 0.375 e. The molecule has 8 heteroatoms. The molecule has 0 bridgehead atoms. The van der Waals surface area contributed by atoms with Gasteiger partial charge in [0.25, 0.3) is 0 Å². The summed E-state index contributed by atoms with van der Waals surface area (Å²) in [7, 11) is 1.47. The van der Waals surface area contributed by atoms with Gasteiger partial charge in [-0.2, -0.15) is 4.98 Å². The Labute approximate surface area is 134 Å². The molecule has 1 aromatic heterocycles. The monoisotopic (exact) mass is 322 g/mol. The van der Waals surface area contributed by atoms with Crippen molar-refractivity contribution in [3.63, 3.8) is 0 Å². The van der Waals surface area contributed by atoms with E-state index in [9.17, 15) is 9.59 Å². The van der Waals surface area contributed by atoms with Crippen LogP contribution in [0, 0.1) is 12.8 Å². The van der Waals surface area contributed by atoms with Crippen LogP contribution in [0.1, 0.15) is 36.9 Å². The van der Waals surface area contributed by atoms with Crippen LogP contribution in [0.15, 0.2) is 4.52 Å². The minimum absolute atomic E-state index is 0.0113. The first-order valence-electron chi connectivity index (χ1n) is 7.95. The average molecular weight is 322 g/mol. The molecule has 1 saturated heterocycles. The van der Waals surface area contributed by atoms with E-state index in [0.29, 0.717) is 31.2 Å². The fourth-order valence-electron chi connectivity index (χ4n) is 3.03. The average Bonchev–Trinajstić information content (AvgIpc) is 3.28. The molecule has 0 radical (unpaired) electrons. The van der Waals surface area contributed by atoms with E-state index in [4.69, 9.17) is 9.26 Å².